The Morgan fingerprint density at radius 1 is 0.795 bits per heavy atom. The van der Waals surface area contributed by atoms with E-state index in [9.17, 15) is 18.8 Å². The molecule has 0 saturated carbocycles. The third-order valence-corrected chi connectivity index (χ3v) is 6.00. The first kappa shape index (κ1) is 29.5. The zero-order valence-electron chi connectivity index (χ0n) is 22.6. The lowest BCUT2D eigenvalue weighted by molar-refractivity contribution is -0.146. The quantitative estimate of drug-likeness (QED) is 0.189. The van der Waals surface area contributed by atoms with Gasteiger partial charge in [0.15, 0.2) is 6.10 Å². The molecule has 0 aliphatic carbocycles. The molecule has 39 heavy (non-hydrogen) atoms. The average Bonchev–Trinajstić information content (AvgIpc) is 2.94. The average molecular weight is 537 g/mol. The molecule has 0 unspecified atom stereocenters. The molecule has 7 nitrogen and oxygen atoms in total. The van der Waals surface area contributed by atoms with E-state index in [1.54, 1.807) is 55.5 Å². The Balaban J connectivity index is 1.59. The molecule has 0 aliphatic rings. The number of ether oxygens (including phenoxy) is 4. The lowest BCUT2D eigenvalue weighted by Crippen LogP contribution is -2.26. The number of carbonyl (C=O) groups excluding carboxylic acids is 3. The third-order valence-electron chi connectivity index (χ3n) is 6.00. The number of hydrogen-bond donors (Lipinski definition) is 0. The monoisotopic (exact) mass is 536 g/mol. The fraction of sp³-hybridized carbons (Fsp3) is 0.323. The topological polar surface area (TPSA) is 88.1 Å². The molecule has 3 aromatic rings. The molecule has 2 atom stereocenters. The fourth-order valence-corrected chi connectivity index (χ4v) is 3.38. The second-order valence-electron chi connectivity index (χ2n) is 9.18. The van der Waals surface area contributed by atoms with Crippen molar-refractivity contribution in [3.05, 3.63) is 83.7 Å². The van der Waals surface area contributed by atoms with Gasteiger partial charge in [-0.15, -0.1) is 0 Å². The summed E-state index contributed by atoms with van der Waals surface area (Å²) in [5.41, 5.74) is 1.73. The lowest BCUT2D eigenvalue weighted by Gasteiger charge is -2.12. The standard InChI is InChI=1S/C31H33FO7/c1-5-17-36-21(4)29(33)38-25-13-11-23(12-14-25)22-7-9-24(10-8-22)30(34)39-26-15-16-27(28(32)18-26)31(35)37-19-20(3)6-2/h7-16,18,20-21H,5-6,17,19H2,1-4H3/t20-,21-/m0/s1. The Morgan fingerprint density at radius 3 is 2.00 bits per heavy atom. The Labute approximate surface area is 227 Å². The fourth-order valence-electron chi connectivity index (χ4n) is 3.38. The SMILES string of the molecule is CCCO[C@@H](C)C(=O)Oc1ccc(-c2ccc(C(=O)Oc3ccc(C(=O)OC[C@@H](C)CC)c(F)c3)cc2)cc1. The summed E-state index contributed by atoms with van der Waals surface area (Å²) < 4.78 is 35.6. The molecule has 0 amide bonds. The second-order valence-corrected chi connectivity index (χ2v) is 9.18. The van der Waals surface area contributed by atoms with Crippen LogP contribution in [0.3, 0.4) is 0 Å². The summed E-state index contributed by atoms with van der Waals surface area (Å²) in [7, 11) is 0. The van der Waals surface area contributed by atoms with Gasteiger partial charge < -0.3 is 18.9 Å². The summed E-state index contributed by atoms with van der Waals surface area (Å²) in [6.07, 6.45) is 0.997. The van der Waals surface area contributed by atoms with Crippen LogP contribution in [0.2, 0.25) is 0 Å². The summed E-state index contributed by atoms with van der Waals surface area (Å²) in [6.45, 7) is 8.20. The molecule has 3 rings (SSSR count). The van der Waals surface area contributed by atoms with Crippen LogP contribution in [0.5, 0.6) is 11.5 Å². The highest BCUT2D eigenvalue weighted by Crippen LogP contribution is 2.24. The van der Waals surface area contributed by atoms with Crippen molar-refractivity contribution >= 4 is 17.9 Å². The van der Waals surface area contributed by atoms with Gasteiger partial charge in [0.2, 0.25) is 0 Å². The van der Waals surface area contributed by atoms with Crippen LogP contribution >= 0.6 is 0 Å². The first-order chi connectivity index (χ1) is 18.7. The van der Waals surface area contributed by atoms with Crippen LogP contribution < -0.4 is 9.47 Å². The van der Waals surface area contributed by atoms with E-state index in [0.717, 1.165) is 30.0 Å². The molecule has 206 valence electrons. The van der Waals surface area contributed by atoms with Gasteiger partial charge in [-0.3, -0.25) is 0 Å². The van der Waals surface area contributed by atoms with Crippen molar-refractivity contribution in [1.29, 1.82) is 0 Å². The van der Waals surface area contributed by atoms with Gasteiger partial charge in [-0.2, -0.15) is 0 Å². The van der Waals surface area contributed by atoms with E-state index in [4.69, 9.17) is 18.9 Å². The molecule has 0 fully saturated rings. The second kappa shape index (κ2) is 14.2. The van der Waals surface area contributed by atoms with Gasteiger partial charge in [-0.05, 0) is 66.8 Å². The summed E-state index contributed by atoms with van der Waals surface area (Å²) in [5, 5.41) is 0. The highest BCUT2D eigenvalue weighted by Gasteiger charge is 2.18. The van der Waals surface area contributed by atoms with E-state index in [1.165, 1.54) is 12.1 Å². The maximum absolute atomic E-state index is 14.5. The van der Waals surface area contributed by atoms with Gasteiger partial charge >= 0.3 is 17.9 Å². The first-order valence-electron chi connectivity index (χ1n) is 12.9. The molecule has 0 N–H and O–H groups in total. The van der Waals surface area contributed by atoms with Gasteiger partial charge in [0, 0.05) is 12.7 Å². The molecular weight excluding hydrogens is 503 g/mol. The maximum Gasteiger partial charge on any atom is 0.343 e. The van der Waals surface area contributed by atoms with Gasteiger partial charge in [-0.1, -0.05) is 51.5 Å². The predicted molar refractivity (Wildman–Crippen MR) is 144 cm³/mol. The van der Waals surface area contributed by atoms with Crippen molar-refractivity contribution in [2.24, 2.45) is 5.92 Å². The Morgan fingerprint density at radius 2 is 1.41 bits per heavy atom. The summed E-state index contributed by atoms with van der Waals surface area (Å²) >= 11 is 0. The first-order valence-corrected chi connectivity index (χ1v) is 12.9. The van der Waals surface area contributed by atoms with Crippen LogP contribution in [0, 0.1) is 11.7 Å². The van der Waals surface area contributed by atoms with Crippen molar-refractivity contribution in [3.63, 3.8) is 0 Å². The van der Waals surface area contributed by atoms with Crippen LogP contribution in [0.15, 0.2) is 66.7 Å². The number of benzene rings is 3. The lowest BCUT2D eigenvalue weighted by atomic mass is 10.0. The third kappa shape index (κ3) is 8.48. The highest BCUT2D eigenvalue weighted by atomic mass is 19.1. The van der Waals surface area contributed by atoms with E-state index in [2.05, 4.69) is 0 Å². The zero-order chi connectivity index (χ0) is 28.4. The Bertz CT molecular complexity index is 1270. The molecule has 0 saturated heterocycles. The van der Waals surface area contributed by atoms with Gasteiger partial charge in [0.1, 0.15) is 17.3 Å². The van der Waals surface area contributed by atoms with Crippen LogP contribution in [0.1, 0.15) is 61.3 Å². The van der Waals surface area contributed by atoms with Crippen LogP contribution in [0.4, 0.5) is 4.39 Å². The van der Waals surface area contributed by atoms with Crippen molar-refractivity contribution in [1.82, 2.24) is 0 Å². The minimum atomic E-state index is -0.832. The number of esters is 3. The molecule has 0 radical (unpaired) electrons. The van der Waals surface area contributed by atoms with Crippen LogP contribution in [0.25, 0.3) is 11.1 Å². The van der Waals surface area contributed by atoms with Crippen LogP contribution in [-0.4, -0.2) is 37.2 Å². The summed E-state index contributed by atoms with van der Waals surface area (Å²) in [4.78, 5) is 36.8. The van der Waals surface area contributed by atoms with Crippen molar-refractivity contribution in [2.45, 2.75) is 46.6 Å². The van der Waals surface area contributed by atoms with E-state index < -0.39 is 29.8 Å². The molecular formula is C31H33FO7. The molecule has 0 aromatic heterocycles. The Hall–Kier alpha value is -4.04. The molecule has 0 heterocycles. The molecule has 0 bridgehead atoms. The highest BCUT2D eigenvalue weighted by molar-refractivity contribution is 5.92. The van der Waals surface area contributed by atoms with Gasteiger partial charge in [-0.25, -0.2) is 18.8 Å². The van der Waals surface area contributed by atoms with E-state index in [-0.39, 0.29) is 29.4 Å². The van der Waals surface area contributed by atoms with Gasteiger partial charge in [0.05, 0.1) is 17.7 Å². The van der Waals surface area contributed by atoms with Crippen molar-refractivity contribution < 1.29 is 37.7 Å². The summed E-state index contributed by atoms with van der Waals surface area (Å²) in [6, 6.07) is 17.2. The zero-order valence-corrected chi connectivity index (χ0v) is 22.6. The van der Waals surface area contributed by atoms with E-state index in [0.29, 0.717) is 12.4 Å². The number of carbonyl (C=O) groups is 3. The van der Waals surface area contributed by atoms with Crippen molar-refractivity contribution in [2.75, 3.05) is 13.2 Å². The number of hydrogen-bond acceptors (Lipinski definition) is 7. The van der Waals surface area contributed by atoms with E-state index >= 15 is 0 Å². The molecule has 0 aliphatic heterocycles. The van der Waals surface area contributed by atoms with Crippen LogP contribution in [-0.2, 0) is 14.3 Å². The molecule has 8 heteroatoms. The minimum absolute atomic E-state index is 0.0281. The molecule has 3 aromatic carbocycles. The summed E-state index contributed by atoms with van der Waals surface area (Å²) in [5.74, 6) is -2.18. The van der Waals surface area contributed by atoms with E-state index in [1.807, 2.05) is 20.8 Å². The van der Waals surface area contributed by atoms with Crippen molar-refractivity contribution in [3.8, 4) is 22.6 Å². The minimum Gasteiger partial charge on any atom is -0.462 e. The predicted octanol–water partition coefficient (Wildman–Crippen LogP) is 6.64. The smallest absolute Gasteiger partial charge is 0.343 e. The van der Waals surface area contributed by atoms with Gasteiger partial charge in [0.25, 0.3) is 0 Å². The normalized spacial score (nSPS) is 12.3. The number of halogens is 1. The molecule has 0 spiro atoms. The maximum atomic E-state index is 14.5. The number of rotatable bonds is 12. The largest absolute Gasteiger partial charge is 0.462 e. The Kier molecular flexibility index (Phi) is 10.8.